The molecule has 1 aromatic carbocycles. The van der Waals surface area contributed by atoms with Crippen molar-refractivity contribution in [3.63, 3.8) is 0 Å². The standard InChI is InChI=1S/C26H35N7O3/c1-26(2,3)36-25(35)33-19-21(29-24(33)27)12-8-5-9-13-22-18-32(31-30-22)17-16-28-23(34)15-14-20-10-6-4-7-11-20/h4,6-7,10-11,14-15,18-19H,5,8-9,12-13,16-17H2,1-3H3,(H2,27,29)(H,28,34)/b15-14+. The number of benzene rings is 1. The summed E-state index contributed by atoms with van der Waals surface area (Å²) < 4.78 is 8.33. The van der Waals surface area contributed by atoms with Crippen molar-refractivity contribution in [1.29, 1.82) is 0 Å². The molecule has 10 heteroatoms. The van der Waals surface area contributed by atoms with Gasteiger partial charge in [0.15, 0.2) is 0 Å². The molecule has 0 unspecified atom stereocenters. The van der Waals surface area contributed by atoms with E-state index in [1.807, 2.05) is 36.5 Å². The summed E-state index contributed by atoms with van der Waals surface area (Å²) in [6, 6.07) is 9.68. The number of hydrogen-bond donors (Lipinski definition) is 2. The molecule has 0 saturated heterocycles. The summed E-state index contributed by atoms with van der Waals surface area (Å²) in [6.07, 6.45) is 10.7. The Morgan fingerprint density at radius 2 is 1.78 bits per heavy atom. The second kappa shape index (κ2) is 12.7. The molecule has 10 nitrogen and oxygen atoms in total. The molecule has 0 radical (unpaired) electrons. The lowest BCUT2D eigenvalue weighted by atomic mass is 10.1. The fourth-order valence-electron chi connectivity index (χ4n) is 3.46. The lowest BCUT2D eigenvalue weighted by molar-refractivity contribution is -0.116. The van der Waals surface area contributed by atoms with E-state index in [9.17, 15) is 9.59 Å². The fourth-order valence-corrected chi connectivity index (χ4v) is 3.46. The Morgan fingerprint density at radius 1 is 1.06 bits per heavy atom. The molecular weight excluding hydrogens is 458 g/mol. The van der Waals surface area contributed by atoms with E-state index in [0.717, 1.165) is 49.1 Å². The second-order valence-corrected chi connectivity index (χ2v) is 9.51. The molecule has 36 heavy (non-hydrogen) atoms. The van der Waals surface area contributed by atoms with E-state index in [0.29, 0.717) is 13.1 Å². The normalized spacial score (nSPS) is 11.6. The van der Waals surface area contributed by atoms with E-state index in [1.54, 1.807) is 37.7 Å². The van der Waals surface area contributed by atoms with Gasteiger partial charge in [0.05, 0.1) is 17.9 Å². The zero-order valence-electron chi connectivity index (χ0n) is 21.2. The number of carbonyl (C=O) groups excluding carboxylic acids is 2. The molecule has 0 atom stereocenters. The average molecular weight is 494 g/mol. The van der Waals surface area contributed by atoms with E-state index < -0.39 is 11.7 Å². The van der Waals surface area contributed by atoms with Crippen molar-refractivity contribution in [2.45, 2.75) is 65.0 Å². The van der Waals surface area contributed by atoms with Gasteiger partial charge in [-0.25, -0.2) is 14.3 Å². The van der Waals surface area contributed by atoms with Crippen LogP contribution in [0.4, 0.5) is 10.7 Å². The van der Waals surface area contributed by atoms with Gasteiger partial charge in [0, 0.05) is 25.0 Å². The molecule has 3 aromatic rings. The Balaban J connectivity index is 1.31. The van der Waals surface area contributed by atoms with E-state index >= 15 is 0 Å². The summed E-state index contributed by atoms with van der Waals surface area (Å²) in [6.45, 7) is 6.45. The van der Waals surface area contributed by atoms with Crippen LogP contribution >= 0.6 is 0 Å². The van der Waals surface area contributed by atoms with Crippen LogP contribution < -0.4 is 11.1 Å². The molecule has 0 spiro atoms. The molecule has 2 heterocycles. The minimum absolute atomic E-state index is 0.138. The second-order valence-electron chi connectivity index (χ2n) is 9.51. The molecule has 0 aliphatic heterocycles. The number of nitrogens with two attached hydrogens (primary N) is 1. The molecular formula is C26H35N7O3. The highest BCUT2D eigenvalue weighted by molar-refractivity contribution is 5.91. The summed E-state index contributed by atoms with van der Waals surface area (Å²) in [4.78, 5) is 28.4. The number of unbranched alkanes of at least 4 members (excludes halogenated alkanes) is 2. The van der Waals surface area contributed by atoms with Gasteiger partial charge in [-0.05, 0) is 58.1 Å². The molecule has 192 valence electrons. The van der Waals surface area contributed by atoms with E-state index in [2.05, 4.69) is 20.6 Å². The number of amides is 1. The van der Waals surface area contributed by atoms with E-state index in [4.69, 9.17) is 10.5 Å². The van der Waals surface area contributed by atoms with Gasteiger partial charge < -0.3 is 15.8 Å². The van der Waals surface area contributed by atoms with Crippen molar-refractivity contribution in [1.82, 2.24) is 29.9 Å². The van der Waals surface area contributed by atoms with Crippen molar-refractivity contribution < 1.29 is 14.3 Å². The topological polar surface area (TPSA) is 130 Å². The van der Waals surface area contributed by atoms with Gasteiger partial charge in [0.2, 0.25) is 11.9 Å². The summed E-state index contributed by atoms with van der Waals surface area (Å²) in [5, 5.41) is 11.2. The van der Waals surface area contributed by atoms with E-state index in [1.165, 1.54) is 10.6 Å². The number of hydrogen-bond acceptors (Lipinski definition) is 7. The maximum absolute atomic E-state index is 12.2. The molecule has 0 aliphatic carbocycles. The van der Waals surface area contributed by atoms with Crippen molar-refractivity contribution >= 4 is 24.0 Å². The Labute approximate surface area is 211 Å². The summed E-state index contributed by atoms with van der Waals surface area (Å²) >= 11 is 0. The smallest absolute Gasteiger partial charge is 0.421 e. The number of nitrogen functional groups attached to an aromatic ring is 1. The highest BCUT2D eigenvalue weighted by atomic mass is 16.6. The van der Waals surface area contributed by atoms with Gasteiger partial charge >= 0.3 is 6.09 Å². The van der Waals surface area contributed by atoms with Gasteiger partial charge in [0.25, 0.3) is 0 Å². The van der Waals surface area contributed by atoms with Gasteiger partial charge in [-0.1, -0.05) is 42.0 Å². The first kappa shape index (κ1) is 26.7. The Hall–Kier alpha value is -3.95. The first-order valence-corrected chi connectivity index (χ1v) is 12.2. The van der Waals surface area contributed by atoms with Crippen LogP contribution in [0.1, 0.15) is 57.0 Å². The molecule has 0 bridgehead atoms. The SMILES string of the molecule is CC(C)(C)OC(=O)n1cc(CCCCCc2cn(CCNC(=O)/C=C/c3ccccc3)nn2)nc1N. The first-order chi connectivity index (χ1) is 17.2. The minimum Gasteiger partial charge on any atom is -0.443 e. The quantitative estimate of drug-likeness (QED) is 0.308. The highest BCUT2D eigenvalue weighted by Crippen LogP contribution is 2.14. The van der Waals surface area contributed by atoms with Crippen LogP contribution in [0.25, 0.3) is 6.08 Å². The number of nitrogens with zero attached hydrogens (tertiary/aromatic N) is 5. The maximum atomic E-state index is 12.2. The third-order valence-electron chi connectivity index (χ3n) is 5.19. The van der Waals surface area contributed by atoms with Crippen molar-refractivity contribution in [2.75, 3.05) is 12.3 Å². The molecule has 0 aliphatic rings. The number of rotatable bonds is 11. The number of nitrogens with one attached hydrogen (secondary N) is 1. The largest absolute Gasteiger partial charge is 0.443 e. The average Bonchev–Trinajstić information content (AvgIpc) is 3.43. The number of aryl methyl sites for hydroxylation is 2. The molecule has 1 amide bonds. The zero-order valence-corrected chi connectivity index (χ0v) is 21.2. The monoisotopic (exact) mass is 493 g/mol. The number of aromatic nitrogens is 5. The molecule has 0 saturated carbocycles. The number of imidazole rings is 1. The van der Waals surface area contributed by atoms with Crippen molar-refractivity contribution in [3.8, 4) is 0 Å². The summed E-state index contributed by atoms with van der Waals surface area (Å²) in [5.74, 6) is -0.00357. The van der Waals surface area contributed by atoms with Crippen molar-refractivity contribution in [3.05, 3.63) is 65.8 Å². The van der Waals surface area contributed by atoms with Crippen LogP contribution in [0.2, 0.25) is 0 Å². The number of carbonyl (C=O) groups is 2. The van der Waals surface area contributed by atoms with Gasteiger partial charge in [0.1, 0.15) is 5.60 Å². The Bertz CT molecular complexity index is 1160. The zero-order chi connectivity index (χ0) is 26.0. The third kappa shape index (κ3) is 9.01. The van der Waals surface area contributed by atoms with Gasteiger partial charge in [-0.2, -0.15) is 0 Å². The molecule has 0 fully saturated rings. The molecule has 3 rings (SSSR count). The van der Waals surface area contributed by atoms with Gasteiger partial charge in [-0.15, -0.1) is 5.10 Å². The number of ether oxygens (including phenoxy) is 1. The van der Waals surface area contributed by atoms with Gasteiger partial charge in [-0.3, -0.25) is 9.48 Å². The lowest BCUT2D eigenvalue weighted by Crippen LogP contribution is -2.27. The predicted molar refractivity (Wildman–Crippen MR) is 138 cm³/mol. The van der Waals surface area contributed by atoms with Crippen LogP contribution in [-0.4, -0.2) is 48.7 Å². The number of anilines is 1. The molecule has 2 aromatic heterocycles. The minimum atomic E-state index is -0.594. The predicted octanol–water partition coefficient (Wildman–Crippen LogP) is 3.63. The van der Waals surface area contributed by atoms with Crippen molar-refractivity contribution in [2.24, 2.45) is 0 Å². The van der Waals surface area contributed by atoms with Crippen LogP contribution in [0, 0.1) is 0 Å². The first-order valence-electron chi connectivity index (χ1n) is 12.2. The van der Waals surface area contributed by atoms with Crippen LogP contribution in [0.3, 0.4) is 0 Å². The Kier molecular flexibility index (Phi) is 9.38. The van der Waals surface area contributed by atoms with E-state index in [-0.39, 0.29) is 11.9 Å². The van der Waals surface area contributed by atoms with Crippen LogP contribution in [0.5, 0.6) is 0 Å². The summed E-state index contributed by atoms with van der Waals surface area (Å²) in [7, 11) is 0. The lowest BCUT2D eigenvalue weighted by Gasteiger charge is -2.19. The van der Waals surface area contributed by atoms with Crippen LogP contribution in [0.15, 0.2) is 48.8 Å². The molecule has 3 N–H and O–H groups in total. The maximum Gasteiger partial charge on any atom is 0.421 e. The Morgan fingerprint density at radius 3 is 2.50 bits per heavy atom. The van der Waals surface area contributed by atoms with Crippen LogP contribution in [-0.2, 0) is 28.9 Å². The third-order valence-corrected chi connectivity index (χ3v) is 5.19. The fraction of sp³-hybridized carbons (Fsp3) is 0.423. The summed E-state index contributed by atoms with van der Waals surface area (Å²) in [5.41, 5.74) is 7.94. The highest BCUT2D eigenvalue weighted by Gasteiger charge is 2.20.